The maximum Gasteiger partial charge on any atom is 0.306 e. The molecule has 0 fully saturated rings. The number of ether oxygens (including phenoxy) is 1. The zero-order valence-corrected chi connectivity index (χ0v) is 9.34. The third-order valence-electron chi connectivity index (χ3n) is 1.62. The van der Waals surface area contributed by atoms with E-state index in [0.29, 0.717) is 12.8 Å². The van der Waals surface area contributed by atoms with Crippen molar-refractivity contribution in [1.82, 2.24) is 0 Å². The molecular formula is C11H20O3. The van der Waals surface area contributed by atoms with Gasteiger partial charge in [0.05, 0.1) is 0 Å². The van der Waals surface area contributed by atoms with E-state index >= 15 is 0 Å². The van der Waals surface area contributed by atoms with E-state index in [1.165, 1.54) is 0 Å². The maximum absolute atomic E-state index is 11.2. The summed E-state index contributed by atoms with van der Waals surface area (Å²) in [5.41, 5.74) is -0.389. The van der Waals surface area contributed by atoms with Gasteiger partial charge in [0.2, 0.25) is 0 Å². The van der Waals surface area contributed by atoms with Crippen LogP contribution in [0.2, 0.25) is 0 Å². The molecule has 0 spiro atoms. The lowest BCUT2D eigenvalue weighted by Crippen LogP contribution is -2.23. The van der Waals surface area contributed by atoms with E-state index in [9.17, 15) is 9.59 Å². The molecule has 0 bridgehead atoms. The van der Waals surface area contributed by atoms with Gasteiger partial charge in [0.25, 0.3) is 0 Å². The molecule has 0 saturated carbocycles. The number of unbranched alkanes of at least 4 members (excludes halogenated alkanes) is 3. The average molecular weight is 200 g/mol. The van der Waals surface area contributed by atoms with Crippen molar-refractivity contribution in [3.05, 3.63) is 0 Å². The highest BCUT2D eigenvalue weighted by Crippen LogP contribution is 2.10. The van der Waals surface area contributed by atoms with Crippen LogP contribution < -0.4 is 0 Å². The molecule has 3 nitrogen and oxygen atoms in total. The van der Waals surface area contributed by atoms with Crippen molar-refractivity contribution in [1.29, 1.82) is 0 Å². The second-order valence-electron chi connectivity index (χ2n) is 4.35. The van der Waals surface area contributed by atoms with Crippen LogP contribution in [0.25, 0.3) is 0 Å². The molecule has 0 radical (unpaired) electrons. The Morgan fingerprint density at radius 2 is 1.86 bits per heavy atom. The first-order valence-corrected chi connectivity index (χ1v) is 5.11. The first-order chi connectivity index (χ1) is 6.45. The molecule has 0 aliphatic carbocycles. The summed E-state index contributed by atoms with van der Waals surface area (Å²) in [4.78, 5) is 21.2. The Bertz CT molecular complexity index is 179. The summed E-state index contributed by atoms with van der Waals surface area (Å²) in [6.45, 7) is 5.58. The Morgan fingerprint density at radius 3 is 2.36 bits per heavy atom. The molecule has 3 heteroatoms. The molecule has 0 aliphatic heterocycles. The van der Waals surface area contributed by atoms with Crippen molar-refractivity contribution in [2.45, 2.75) is 58.5 Å². The van der Waals surface area contributed by atoms with Gasteiger partial charge in [-0.3, -0.25) is 4.79 Å². The highest BCUT2D eigenvalue weighted by Gasteiger charge is 2.15. The number of hydrogen-bond donors (Lipinski definition) is 0. The molecule has 0 aromatic heterocycles. The molecule has 14 heavy (non-hydrogen) atoms. The molecule has 0 N–H and O–H groups in total. The van der Waals surface area contributed by atoms with Crippen molar-refractivity contribution in [3.8, 4) is 0 Å². The fraction of sp³-hybridized carbons (Fsp3) is 0.818. The summed E-state index contributed by atoms with van der Waals surface area (Å²) in [7, 11) is 0. The van der Waals surface area contributed by atoms with E-state index < -0.39 is 0 Å². The Morgan fingerprint density at radius 1 is 1.21 bits per heavy atom. The van der Waals surface area contributed by atoms with Crippen LogP contribution in [-0.4, -0.2) is 17.9 Å². The Hall–Kier alpha value is -0.860. The summed E-state index contributed by atoms with van der Waals surface area (Å²) in [6.07, 6.45) is 4.55. The predicted molar refractivity (Wildman–Crippen MR) is 55.0 cm³/mol. The molecule has 0 rings (SSSR count). The summed E-state index contributed by atoms with van der Waals surface area (Å²) in [5, 5.41) is 0. The third-order valence-corrected chi connectivity index (χ3v) is 1.62. The molecule has 0 heterocycles. The van der Waals surface area contributed by atoms with Crippen molar-refractivity contribution >= 4 is 12.3 Å². The van der Waals surface area contributed by atoms with Crippen LogP contribution in [0.5, 0.6) is 0 Å². The molecular weight excluding hydrogens is 180 g/mol. The number of carbonyl (C=O) groups is 2. The Labute approximate surface area is 85.8 Å². The van der Waals surface area contributed by atoms with Crippen LogP contribution in [0.15, 0.2) is 0 Å². The fourth-order valence-electron chi connectivity index (χ4n) is 1.07. The minimum atomic E-state index is -0.389. The summed E-state index contributed by atoms with van der Waals surface area (Å²) >= 11 is 0. The predicted octanol–water partition coefficient (Wildman–Crippen LogP) is 2.48. The molecule has 0 unspecified atom stereocenters. The zero-order chi connectivity index (χ0) is 11.0. The quantitative estimate of drug-likeness (QED) is 0.376. The van der Waals surface area contributed by atoms with Gasteiger partial charge in [0.1, 0.15) is 11.9 Å². The number of hydrogen-bond acceptors (Lipinski definition) is 3. The first-order valence-electron chi connectivity index (χ1n) is 5.11. The van der Waals surface area contributed by atoms with E-state index in [2.05, 4.69) is 0 Å². The van der Waals surface area contributed by atoms with Gasteiger partial charge in [-0.1, -0.05) is 6.42 Å². The van der Waals surface area contributed by atoms with Crippen LogP contribution >= 0.6 is 0 Å². The van der Waals surface area contributed by atoms with Gasteiger partial charge in [-0.25, -0.2) is 0 Å². The standard InChI is InChI=1S/C11H20O3/c1-11(2,3)14-10(13)8-6-4-5-7-9-12/h9H,4-8H2,1-3H3. The zero-order valence-electron chi connectivity index (χ0n) is 9.34. The normalized spacial score (nSPS) is 11.1. The second-order valence-corrected chi connectivity index (χ2v) is 4.35. The van der Waals surface area contributed by atoms with Crippen LogP contribution in [0.1, 0.15) is 52.9 Å². The van der Waals surface area contributed by atoms with Crippen LogP contribution in [0, 0.1) is 0 Å². The SMILES string of the molecule is CC(C)(C)OC(=O)CCCCCC=O. The Kier molecular flexibility index (Phi) is 6.17. The lowest BCUT2D eigenvalue weighted by molar-refractivity contribution is -0.154. The largest absolute Gasteiger partial charge is 0.460 e. The van der Waals surface area contributed by atoms with Crippen molar-refractivity contribution < 1.29 is 14.3 Å². The number of carbonyl (C=O) groups excluding carboxylic acids is 2. The highest BCUT2D eigenvalue weighted by atomic mass is 16.6. The number of aldehydes is 1. The second kappa shape index (κ2) is 6.57. The van der Waals surface area contributed by atoms with Gasteiger partial charge in [0.15, 0.2) is 0 Å². The lowest BCUT2D eigenvalue weighted by atomic mass is 10.1. The number of esters is 1. The molecule has 0 aromatic rings. The van der Waals surface area contributed by atoms with E-state index in [1.807, 2.05) is 20.8 Å². The molecule has 0 atom stereocenters. The van der Waals surface area contributed by atoms with Crippen molar-refractivity contribution in [2.75, 3.05) is 0 Å². The third kappa shape index (κ3) is 9.23. The summed E-state index contributed by atoms with van der Waals surface area (Å²) < 4.78 is 5.14. The average Bonchev–Trinajstić information content (AvgIpc) is 2.00. The molecule has 82 valence electrons. The molecule has 0 amide bonds. The highest BCUT2D eigenvalue weighted by molar-refractivity contribution is 5.69. The van der Waals surface area contributed by atoms with Crippen molar-refractivity contribution in [3.63, 3.8) is 0 Å². The maximum atomic E-state index is 11.2. The Balaban J connectivity index is 3.41. The molecule has 0 saturated heterocycles. The van der Waals surface area contributed by atoms with Gasteiger partial charge in [-0.2, -0.15) is 0 Å². The van der Waals surface area contributed by atoms with Gasteiger partial charge in [0, 0.05) is 12.8 Å². The van der Waals surface area contributed by atoms with E-state index in [4.69, 9.17) is 4.74 Å². The summed E-state index contributed by atoms with van der Waals surface area (Å²) in [6, 6.07) is 0. The first kappa shape index (κ1) is 13.1. The summed E-state index contributed by atoms with van der Waals surface area (Å²) in [5.74, 6) is -0.149. The minimum absolute atomic E-state index is 0.149. The number of rotatable bonds is 6. The van der Waals surface area contributed by atoms with Gasteiger partial charge in [-0.15, -0.1) is 0 Å². The van der Waals surface area contributed by atoms with E-state index in [-0.39, 0.29) is 11.6 Å². The van der Waals surface area contributed by atoms with Crippen LogP contribution in [0.4, 0.5) is 0 Å². The molecule has 0 aliphatic rings. The topological polar surface area (TPSA) is 43.4 Å². The fourth-order valence-corrected chi connectivity index (χ4v) is 1.07. The van der Waals surface area contributed by atoms with Crippen LogP contribution in [0.3, 0.4) is 0 Å². The lowest BCUT2D eigenvalue weighted by Gasteiger charge is -2.19. The smallest absolute Gasteiger partial charge is 0.306 e. The van der Waals surface area contributed by atoms with Gasteiger partial charge < -0.3 is 9.53 Å². The van der Waals surface area contributed by atoms with Crippen molar-refractivity contribution in [2.24, 2.45) is 0 Å². The van der Waals surface area contributed by atoms with E-state index in [1.54, 1.807) is 0 Å². The van der Waals surface area contributed by atoms with Gasteiger partial charge in [-0.05, 0) is 33.6 Å². The van der Waals surface area contributed by atoms with Crippen LogP contribution in [-0.2, 0) is 14.3 Å². The molecule has 0 aromatic carbocycles. The monoisotopic (exact) mass is 200 g/mol. The van der Waals surface area contributed by atoms with Gasteiger partial charge >= 0.3 is 5.97 Å². The minimum Gasteiger partial charge on any atom is -0.460 e. The van der Waals surface area contributed by atoms with E-state index in [0.717, 1.165) is 25.5 Å².